The molecule has 0 radical (unpaired) electrons. The van der Waals surface area contributed by atoms with Crippen LogP contribution >= 0.6 is 0 Å². The molecular formula is C18H18N2O3. The molecule has 0 aliphatic heterocycles. The Morgan fingerprint density at radius 1 is 1.17 bits per heavy atom. The largest absolute Gasteiger partial charge is 0.496 e. The van der Waals surface area contributed by atoms with Gasteiger partial charge in [0.25, 0.3) is 0 Å². The van der Waals surface area contributed by atoms with Crippen LogP contribution in [0.4, 0.5) is 5.69 Å². The Morgan fingerprint density at radius 2 is 2.00 bits per heavy atom. The zero-order valence-corrected chi connectivity index (χ0v) is 13.1. The lowest BCUT2D eigenvalue weighted by Crippen LogP contribution is -2.05. The van der Waals surface area contributed by atoms with Gasteiger partial charge in [0.1, 0.15) is 5.75 Å². The summed E-state index contributed by atoms with van der Waals surface area (Å²) in [4.78, 5) is 11.6. The van der Waals surface area contributed by atoms with Gasteiger partial charge in [0, 0.05) is 22.8 Å². The molecular weight excluding hydrogens is 292 g/mol. The maximum absolute atomic E-state index is 11.6. The van der Waals surface area contributed by atoms with E-state index in [0.717, 1.165) is 22.2 Å². The van der Waals surface area contributed by atoms with Crippen LogP contribution in [-0.2, 0) is 11.3 Å². The van der Waals surface area contributed by atoms with Gasteiger partial charge in [-0.1, -0.05) is 12.1 Å². The lowest BCUT2D eigenvalue weighted by atomic mass is 10.1. The van der Waals surface area contributed by atoms with Crippen LogP contribution in [0.15, 0.2) is 48.7 Å². The zero-order chi connectivity index (χ0) is 16.4. The monoisotopic (exact) mass is 310 g/mol. The van der Waals surface area contributed by atoms with Crippen LogP contribution in [0.25, 0.3) is 10.9 Å². The Labute approximate surface area is 134 Å². The van der Waals surface area contributed by atoms with Crippen molar-refractivity contribution < 1.29 is 14.3 Å². The van der Waals surface area contributed by atoms with Gasteiger partial charge in [0.15, 0.2) is 0 Å². The van der Waals surface area contributed by atoms with E-state index in [0.29, 0.717) is 17.9 Å². The molecule has 23 heavy (non-hydrogen) atoms. The molecule has 2 aromatic carbocycles. The third-order valence-corrected chi connectivity index (χ3v) is 3.90. The summed E-state index contributed by atoms with van der Waals surface area (Å²) in [5, 5.41) is 1.03. The predicted molar refractivity (Wildman–Crippen MR) is 89.8 cm³/mol. The first-order valence-electron chi connectivity index (χ1n) is 7.22. The van der Waals surface area contributed by atoms with Crippen LogP contribution in [-0.4, -0.2) is 24.8 Å². The minimum absolute atomic E-state index is 0.381. The number of ether oxygens (including phenoxy) is 2. The van der Waals surface area contributed by atoms with Gasteiger partial charge in [-0.15, -0.1) is 0 Å². The van der Waals surface area contributed by atoms with E-state index in [-0.39, 0.29) is 5.97 Å². The first kappa shape index (κ1) is 15.0. The van der Waals surface area contributed by atoms with E-state index in [4.69, 9.17) is 15.2 Å². The fourth-order valence-corrected chi connectivity index (χ4v) is 2.69. The maximum atomic E-state index is 11.6. The Morgan fingerprint density at radius 3 is 2.74 bits per heavy atom. The van der Waals surface area contributed by atoms with E-state index in [1.54, 1.807) is 19.2 Å². The number of carbonyl (C=O) groups excluding carboxylic acids is 1. The number of anilines is 1. The van der Waals surface area contributed by atoms with E-state index in [9.17, 15) is 4.79 Å². The summed E-state index contributed by atoms with van der Waals surface area (Å²) < 4.78 is 12.3. The standard InChI is InChI=1S/C18H18N2O3/c1-22-17-10-12(18(21)23-2)6-7-13(17)11-20-9-8-14-15(19)4-3-5-16(14)20/h3-10H,11,19H2,1-2H3. The number of methoxy groups -OCH3 is 2. The number of hydrogen-bond donors (Lipinski definition) is 1. The second kappa shape index (κ2) is 6.04. The second-order valence-corrected chi connectivity index (χ2v) is 5.24. The molecule has 5 nitrogen and oxygen atoms in total. The molecule has 0 bridgehead atoms. The van der Waals surface area contributed by atoms with E-state index in [1.807, 2.05) is 36.5 Å². The Hall–Kier alpha value is -2.95. The fourth-order valence-electron chi connectivity index (χ4n) is 2.69. The molecule has 0 unspecified atom stereocenters. The van der Waals surface area contributed by atoms with Crippen LogP contribution < -0.4 is 10.5 Å². The SMILES string of the molecule is COC(=O)c1ccc(Cn2ccc3c(N)cccc32)c(OC)c1. The van der Waals surface area contributed by atoms with Crippen LogP contribution in [0.2, 0.25) is 0 Å². The number of benzene rings is 2. The minimum Gasteiger partial charge on any atom is -0.496 e. The highest BCUT2D eigenvalue weighted by atomic mass is 16.5. The molecule has 2 N–H and O–H groups in total. The first-order chi connectivity index (χ1) is 11.1. The zero-order valence-electron chi connectivity index (χ0n) is 13.1. The average Bonchev–Trinajstić information content (AvgIpc) is 2.99. The highest BCUT2D eigenvalue weighted by Crippen LogP contribution is 2.26. The van der Waals surface area contributed by atoms with Crippen molar-refractivity contribution in [3.63, 3.8) is 0 Å². The molecule has 0 aliphatic rings. The Kier molecular flexibility index (Phi) is 3.93. The molecule has 0 fully saturated rings. The van der Waals surface area contributed by atoms with Crippen molar-refractivity contribution in [3.8, 4) is 5.75 Å². The normalized spacial score (nSPS) is 10.7. The number of hydrogen-bond acceptors (Lipinski definition) is 4. The predicted octanol–water partition coefficient (Wildman–Crippen LogP) is 3.07. The summed E-state index contributed by atoms with van der Waals surface area (Å²) in [5.74, 6) is 0.271. The van der Waals surface area contributed by atoms with Crippen molar-refractivity contribution in [2.75, 3.05) is 20.0 Å². The number of carbonyl (C=O) groups is 1. The summed E-state index contributed by atoms with van der Waals surface area (Å²) >= 11 is 0. The van der Waals surface area contributed by atoms with Gasteiger partial charge in [0.05, 0.1) is 31.8 Å². The third kappa shape index (κ3) is 2.73. The van der Waals surface area contributed by atoms with Gasteiger partial charge in [-0.05, 0) is 30.3 Å². The first-order valence-corrected chi connectivity index (χ1v) is 7.22. The number of nitrogens with two attached hydrogens (primary N) is 1. The quantitative estimate of drug-likeness (QED) is 0.594. The van der Waals surface area contributed by atoms with Crippen molar-refractivity contribution in [2.24, 2.45) is 0 Å². The number of nitrogens with zero attached hydrogens (tertiary/aromatic N) is 1. The van der Waals surface area contributed by atoms with Crippen molar-refractivity contribution in [1.82, 2.24) is 4.57 Å². The highest BCUT2D eigenvalue weighted by Gasteiger charge is 2.12. The summed E-state index contributed by atoms with van der Waals surface area (Å²) in [6.07, 6.45) is 1.99. The molecule has 3 rings (SSSR count). The second-order valence-electron chi connectivity index (χ2n) is 5.24. The average molecular weight is 310 g/mol. The van der Waals surface area contributed by atoms with Gasteiger partial charge in [-0.2, -0.15) is 0 Å². The highest BCUT2D eigenvalue weighted by molar-refractivity contribution is 5.91. The molecule has 3 aromatic rings. The van der Waals surface area contributed by atoms with E-state index in [1.165, 1.54) is 7.11 Å². The number of esters is 1. The molecule has 0 spiro atoms. The van der Waals surface area contributed by atoms with Crippen LogP contribution in [0.1, 0.15) is 15.9 Å². The van der Waals surface area contributed by atoms with Gasteiger partial charge < -0.3 is 19.8 Å². The number of aromatic nitrogens is 1. The number of rotatable bonds is 4. The third-order valence-electron chi connectivity index (χ3n) is 3.90. The van der Waals surface area contributed by atoms with Crippen LogP contribution in [0, 0.1) is 0 Å². The molecule has 0 amide bonds. The summed E-state index contributed by atoms with van der Waals surface area (Å²) in [6.45, 7) is 0.623. The van der Waals surface area contributed by atoms with Crippen molar-refractivity contribution in [2.45, 2.75) is 6.54 Å². The molecule has 118 valence electrons. The topological polar surface area (TPSA) is 66.5 Å². The summed E-state index contributed by atoms with van der Waals surface area (Å²) in [7, 11) is 2.95. The maximum Gasteiger partial charge on any atom is 0.337 e. The molecule has 1 aromatic heterocycles. The van der Waals surface area contributed by atoms with E-state index in [2.05, 4.69) is 4.57 Å². The van der Waals surface area contributed by atoms with Gasteiger partial charge >= 0.3 is 5.97 Å². The van der Waals surface area contributed by atoms with Crippen LogP contribution in [0.3, 0.4) is 0 Å². The Balaban J connectivity index is 1.98. The Bertz CT molecular complexity index is 868. The summed E-state index contributed by atoms with van der Waals surface area (Å²) in [6, 6.07) is 13.2. The van der Waals surface area contributed by atoms with Gasteiger partial charge in [-0.3, -0.25) is 0 Å². The van der Waals surface area contributed by atoms with Crippen molar-refractivity contribution in [1.29, 1.82) is 0 Å². The smallest absolute Gasteiger partial charge is 0.337 e. The molecule has 0 aliphatic carbocycles. The van der Waals surface area contributed by atoms with E-state index >= 15 is 0 Å². The van der Waals surface area contributed by atoms with Crippen molar-refractivity contribution in [3.05, 3.63) is 59.8 Å². The minimum atomic E-state index is -0.381. The van der Waals surface area contributed by atoms with Gasteiger partial charge in [-0.25, -0.2) is 4.79 Å². The molecule has 1 heterocycles. The molecule has 0 saturated heterocycles. The lowest BCUT2D eigenvalue weighted by Gasteiger charge is -2.12. The van der Waals surface area contributed by atoms with Crippen LogP contribution in [0.5, 0.6) is 5.75 Å². The van der Waals surface area contributed by atoms with Gasteiger partial charge in [0.2, 0.25) is 0 Å². The number of fused-ring (bicyclic) bond motifs is 1. The number of nitrogen functional groups attached to an aromatic ring is 1. The lowest BCUT2D eigenvalue weighted by molar-refractivity contribution is 0.0600. The molecule has 0 saturated carbocycles. The fraction of sp³-hybridized carbons (Fsp3) is 0.167. The van der Waals surface area contributed by atoms with Crippen molar-refractivity contribution >= 4 is 22.6 Å². The summed E-state index contributed by atoms with van der Waals surface area (Å²) in [5.41, 5.74) is 9.26. The molecule has 0 atom stereocenters. The molecule has 5 heteroatoms. The van der Waals surface area contributed by atoms with E-state index < -0.39 is 0 Å².